The fourth-order valence-corrected chi connectivity index (χ4v) is 2.90. The highest BCUT2D eigenvalue weighted by Crippen LogP contribution is 2.27. The van der Waals surface area contributed by atoms with Gasteiger partial charge in [0.15, 0.2) is 0 Å². The minimum Gasteiger partial charge on any atom is -0.361 e. The van der Waals surface area contributed by atoms with Crippen molar-refractivity contribution in [1.82, 2.24) is 4.90 Å². The summed E-state index contributed by atoms with van der Waals surface area (Å²) in [6.07, 6.45) is 5.45. The Bertz CT molecular complexity index is 338. The Hall–Kier alpha value is -0.860. The molecule has 2 saturated heterocycles. The van der Waals surface area contributed by atoms with E-state index in [1.54, 1.807) is 0 Å². The lowest BCUT2D eigenvalue weighted by molar-refractivity contribution is 0.00410. The summed E-state index contributed by atoms with van der Waals surface area (Å²) in [5.74, 6) is 0. The van der Waals surface area contributed by atoms with Crippen molar-refractivity contribution in [3.63, 3.8) is 0 Å². The van der Waals surface area contributed by atoms with Crippen molar-refractivity contribution < 1.29 is 4.74 Å². The van der Waals surface area contributed by atoms with Crippen LogP contribution < -0.4 is 0 Å². The van der Waals surface area contributed by atoms with Crippen LogP contribution in [-0.4, -0.2) is 30.3 Å². The number of hydrogen-bond acceptors (Lipinski definition) is 2. The third-order valence-corrected chi connectivity index (χ3v) is 3.75. The van der Waals surface area contributed by atoms with Crippen LogP contribution in [0.25, 0.3) is 0 Å². The first-order chi connectivity index (χ1) is 7.93. The van der Waals surface area contributed by atoms with Crippen molar-refractivity contribution in [2.75, 3.05) is 13.2 Å². The highest BCUT2D eigenvalue weighted by molar-refractivity contribution is 5.16. The monoisotopic (exact) mass is 217 g/mol. The Morgan fingerprint density at radius 2 is 2.06 bits per heavy atom. The normalized spacial score (nSPS) is 30.2. The summed E-state index contributed by atoms with van der Waals surface area (Å²) < 4.78 is 5.87. The van der Waals surface area contributed by atoms with Crippen LogP contribution in [0.2, 0.25) is 0 Å². The first-order valence-corrected chi connectivity index (χ1v) is 6.35. The van der Waals surface area contributed by atoms with Crippen molar-refractivity contribution in [3.8, 4) is 0 Å². The van der Waals surface area contributed by atoms with Gasteiger partial charge >= 0.3 is 0 Å². The molecular weight excluding hydrogens is 198 g/mol. The van der Waals surface area contributed by atoms with Crippen molar-refractivity contribution in [3.05, 3.63) is 35.9 Å². The summed E-state index contributed by atoms with van der Waals surface area (Å²) in [5, 5.41) is 0. The predicted molar refractivity (Wildman–Crippen MR) is 64.2 cm³/mol. The molecule has 16 heavy (non-hydrogen) atoms. The zero-order chi connectivity index (χ0) is 10.8. The van der Waals surface area contributed by atoms with E-state index in [-0.39, 0.29) is 0 Å². The fraction of sp³-hybridized carbons (Fsp3) is 0.571. The Labute approximate surface area is 97.2 Å². The van der Waals surface area contributed by atoms with Crippen molar-refractivity contribution in [2.24, 2.45) is 0 Å². The molecule has 2 aliphatic rings. The first kappa shape index (κ1) is 10.3. The van der Waals surface area contributed by atoms with Crippen LogP contribution in [0.1, 0.15) is 24.8 Å². The number of rotatable bonds is 2. The molecule has 0 spiro atoms. The van der Waals surface area contributed by atoms with Crippen LogP contribution in [0.4, 0.5) is 0 Å². The number of ether oxygens (including phenoxy) is 1. The van der Waals surface area contributed by atoms with E-state index in [9.17, 15) is 0 Å². The fourth-order valence-electron chi connectivity index (χ4n) is 2.90. The maximum absolute atomic E-state index is 5.87. The molecule has 1 aromatic rings. The second-order valence-electron chi connectivity index (χ2n) is 4.87. The van der Waals surface area contributed by atoms with Gasteiger partial charge in [-0.1, -0.05) is 30.3 Å². The number of benzene rings is 1. The molecular formula is C14H19NO. The quantitative estimate of drug-likeness (QED) is 0.754. The predicted octanol–water partition coefficient (Wildman–Crippen LogP) is 2.44. The van der Waals surface area contributed by atoms with Crippen molar-refractivity contribution in [2.45, 2.75) is 38.0 Å². The smallest absolute Gasteiger partial charge is 0.111 e. The molecule has 0 aliphatic carbocycles. The molecule has 0 radical (unpaired) electrons. The van der Waals surface area contributed by atoms with E-state index in [0.29, 0.717) is 12.3 Å². The van der Waals surface area contributed by atoms with Crippen molar-refractivity contribution in [1.29, 1.82) is 0 Å². The highest BCUT2D eigenvalue weighted by atomic mass is 16.5. The van der Waals surface area contributed by atoms with Gasteiger partial charge in [0.25, 0.3) is 0 Å². The molecule has 0 N–H and O–H groups in total. The third-order valence-electron chi connectivity index (χ3n) is 3.75. The largest absolute Gasteiger partial charge is 0.361 e. The second kappa shape index (κ2) is 4.56. The van der Waals surface area contributed by atoms with E-state index >= 15 is 0 Å². The van der Waals surface area contributed by atoms with E-state index < -0.39 is 0 Å². The number of nitrogens with zero attached hydrogens (tertiary/aromatic N) is 1. The van der Waals surface area contributed by atoms with Crippen LogP contribution in [0.5, 0.6) is 0 Å². The summed E-state index contributed by atoms with van der Waals surface area (Å²) in [7, 11) is 0. The first-order valence-electron chi connectivity index (χ1n) is 6.35. The molecule has 2 nitrogen and oxygen atoms in total. The van der Waals surface area contributed by atoms with Crippen molar-refractivity contribution >= 4 is 0 Å². The van der Waals surface area contributed by atoms with Gasteiger partial charge in [0.05, 0.1) is 6.61 Å². The van der Waals surface area contributed by atoms with Crippen LogP contribution in [0.15, 0.2) is 30.3 Å². The van der Waals surface area contributed by atoms with E-state index in [1.165, 1.54) is 31.4 Å². The minimum atomic E-state index is 0.419. The molecule has 1 aromatic carbocycles. The zero-order valence-electron chi connectivity index (χ0n) is 9.64. The van der Waals surface area contributed by atoms with Crippen LogP contribution >= 0.6 is 0 Å². The minimum absolute atomic E-state index is 0.419. The van der Waals surface area contributed by atoms with Gasteiger partial charge in [-0.2, -0.15) is 0 Å². The lowest BCUT2D eigenvalue weighted by atomic mass is 10.0. The zero-order valence-corrected chi connectivity index (χ0v) is 9.64. The molecule has 86 valence electrons. The molecule has 0 saturated carbocycles. The van der Waals surface area contributed by atoms with Gasteiger partial charge in [0.2, 0.25) is 0 Å². The Morgan fingerprint density at radius 1 is 1.19 bits per heavy atom. The van der Waals surface area contributed by atoms with Crippen LogP contribution in [0, 0.1) is 0 Å². The average Bonchev–Trinajstić information content (AvgIpc) is 2.74. The van der Waals surface area contributed by atoms with Gasteiger partial charge in [0, 0.05) is 12.6 Å². The maximum Gasteiger partial charge on any atom is 0.111 e. The van der Waals surface area contributed by atoms with E-state index in [4.69, 9.17) is 4.74 Å². The second-order valence-corrected chi connectivity index (χ2v) is 4.87. The molecule has 2 heteroatoms. The maximum atomic E-state index is 5.87. The molecule has 0 unspecified atom stereocenters. The highest BCUT2D eigenvalue weighted by Gasteiger charge is 2.35. The topological polar surface area (TPSA) is 12.5 Å². The number of hydrogen-bond donors (Lipinski definition) is 0. The average molecular weight is 217 g/mol. The van der Waals surface area contributed by atoms with E-state index in [2.05, 4.69) is 35.2 Å². The summed E-state index contributed by atoms with van der Waals surface area (Å²) in [4.78, 5) is 2.57. The lowest BCUT2D eigenvalue weighted by Crippen LogP contribution is -2.41. The molecule has 2 atom stereocenters. The lowest BCUT2D eigenvalue weighted by Gasteiger charge is -2.31. The van der Waals surface area contributed by atoms with Gasteiger partial charge in [-0.15, -0.1) is 0 Å². The SMILES string of the molecule is c1ccc(C[C@@H]2CO[C@@H]3CCCCN23)cc1. The summed E-state index contributed by atoms with van der Waals surface area (Å²) >= 11 is 0. The third kappa shape index (κ3) is 2.00. The summed E-state index contributed by atoms with van der Waals surface area (Å²) in [6, 6.07) is 11.4. The van der Waals surface area contributed by atoms with Gasteiger partial charge in [-0.25, -0.2) is 0 Å². The molecule has 3 rings (SSSR count). The molecule has 0 amide bonds. The number of piperidine rings is 1. The van der Waals surface area contributed by atoms with Gasteiger partial charge < -0.3 is 4.74 Å². The molecule has 2 fully saturated rings. The summed E-state index contributed by atoms with van der Waals surface area (Å²) in [6.45, 7) is 2.14. The van der Waals surface area contributed by atoms with Crippen LogP contribution in [0.3, 0.4) is 0 Å². The van der Waals surface area contributed by atoms with Gasteiger partial charge in [0.1, 0.15) is 6.23 Å². The van der Waals surface area contributed by atoms with E-state index in [1.807, 2.05) is 0 Å². The molecule has 0 aromatic heterocycles. The Balaban J connectivity index is 1.67. The molecule has 2 aliphatic heterocycles. The number of fused-ring (bicyclic) bond motifs is 1. The van der Waals surface area contributed by atoms with Gasteiger partial charge in [-0.3, -0.25) is 4.90 Å². The molecule has 0 bridgehead atoms. The summed E-state index contributed by atoms with van der Waals surface area (Å²) in [5.41, 5.74) is 1.43. The van der Waals surface area contributed by atoms with Gasteiger partial charge in [-0.05, 0) is 31.2 Å². The standard InChI is InChI=1S/C14H19NO/c1-2-6-12(7-3-1)10-13-11-16-14-8-4-5-9-15(13)14/h1-3,6-7,13-14H,4-5,8-11H2/t13-,14-/m1/s1. The Morgan fingerprint density at radius 3 is 2.94 bits per heavy atom. The Kier molecular flexibility index (Phi) is 2.94. The van der Waals surface area contributed by atoms with Crippen LogP contribution in [-0.2, 0) is 11.2 Å². The van der Waals surface area contributed by atoms with E-state index in [0.717, 1.165) is 13.0 Å². The molecule has 2 heterocycles.